The summed E-state index contributed by atoms with van der Waals surface area (Å²) in [6.45, 7) is 2.92. The van der Waals surface area contributed by atoms with Crippen LogP contribution in [-0.2, 0) is 6.54 Å². The summed E-state index contributed by atoms with van der Waals surface area (Å²) in [5, 5.41) is 24.0. The maximum absolute atomic E-state index is 10.2. The predicted octanol–water partition coefficient (Wildman–Crippen LogP) is 2.75. The summed E-state index contributed by atoms with van der Waals surface area (Å²) >= 11 is 5.97. The zero-order chi connectivity index (χ0) is 13.2. The van der Waals surface area contributed by atoms with Crippen LogP contribution in [0.1, 0.15) is 36.8 Å². The first-order valence-electron chi connectivity index (χ1n) is 6.41. The predicted molar refractivity (Wildman–Crippen MR) is 73.0 cm³/mol. The molecule has 0 amide bonds. The van der Waals surface area contributed by atoms with E-state index in [4.69, 9.17) is 11.6 Å². The third-order valence-electron chi connectivity index (χ3n) is 3.65. The van der Waals surface area contributed by atoms with Crippen LogP contribution in [-0.4, -0.2) is 22.4 Å². The van der Waals surface area contributed by atoms with Gasteiger partial charge in [-0.3, -0.25) is 0 Å². The van der Waals surface area contributed by atoms with E-state index in [1.54, 1.807) is 12.1 Å². The zero-order valence-electron chi connectivity index (χ0n) is 10.7. The molecule has 1 saturated carbocycles. The molecule has 0 saturated heterocycles. The highest BCUT2D eigenvalue weighted by Gasteiger charge is 2.30. The van der Waals surface area contributed by atoms with Crippen molar-refractivity contribution in [2.24, 2.45) is 0 Å². The summed E-state index contributed by atoms with van der Waals surface area (Å²) in [4.78, 5) is 0. The lowest BCUT2D eigenvalue weighted by molar-refractivity contribution is 0.0474. The van der Waals surface area contributed by atoms with Gasteiger partial charge in [-0.15, -0.1) is 0 Å². The van der Waals surface area contributed by atoms with Crippen molar-refractivity contribution in [1.82, 2.24) is 5.32 Å². The Morgan fingerprint density at radius 1 is 1.33 bits per heavy atom. The van der Waals surface area contributed by atoms with Gasteiger partial charge < -0.3 is 15.5 Å². The molecule has 0 aromatic heterocycles. The maximum Gasteiger partial charge on any atom is 0.123 e. The van der Waals surface area contributed by atoms with Gasteiger partial charge in [-0.05, 0) is 37.5 Å². The molecule has 4 heteroatoms. The van der Waals surface area contributed by atoms with E-state index in [9.17, 15) is 10.2 Å². The Bertz CT molecular complexity index is 428. The lowest BCUT2D eigenvalue weighted by atomic mass is 10.0. The van der Waals surface area contributed by atoms with Gasteiger partial charge in [-0.1, -0.05) is 24.4 Å². The maximum atomic E-state index is 10.2. The Kier molecular flexibility index (Phi) is 4.15. The molecule has 1 aromatic carbocycles. The number of hydrogen-bond acceptors (Lipinski definition) is 3. The molecule has 1 fully saturated rings. The van der Waals surface area contributed by atoms with Gasteiger partial charge in [-0.2, -0.15) is 0 Å². The molecule has 0 bridgehead atoms. The van der Waals surface area contributed by atoms with Crippen LogP contribution in [0.2, 0.25) is 5.02 Å². The molecule has 0 atom stereocenters. The van der Waals surface area contributed by atoms with Crippen LogP contribution in [0.4, 0.5) is 0 Å². The zero-order valence-corrected chi connectivity index (χ0v) is 11.4. The third-order valence-corrected chi connectivity index (χ3v) is 3.87. The van der Waals surface area contributed by atoms with Crippen LogP contribution in [0.3, 0.4) is 0 Å². The normalized spacial score (nSPS) is 18.2. The fraction of sp³-hybridized carbons (Fsp3) is 0.571. The van der Waals surface area contributed by atoms with Gasteiger partial charge >= 0.3 is 0 Å². The van der Waals surface area contributed by atoms with Crippen LogP contribution < -0.4 is 5.32 Å². The number of aliphatic hydroxyl groups is 1. The minimum atomic E-state index is -0.566. The Balaban J connectivity index is 1.94. The summed E-state index contributed by atoms with van der Waals surface area (Å²) in [6, 6.07) is 3.50. The summed E-state index contributed by atoms with van der Waals surface area (Å²) < 4.78 is 0. The molecule has 3 nitrogen and oxygen atoms in total. The van der Waals surface area contributed by atoms with E-state index in [0.717, 1.165) is 36.8 Å². The number of aromatic hydroxyl groups is 1. The van der Waals surface area contributed by atoms with Crippen molar-refractivity contribution in [3.05, 3.63) is 28.3 Å². The number of benzene rings is 1. The van der Waals surface area contributed by atoms with E-state index in [0.29, 0.717) is 18.1 Å². The molecule has 3 N–H and O–H groups in total. The number of phenols is 1. The number of nitrogens with one attached hydrogen (secondary N) is 1. The third kappa shape index (κ3) is 3.16. The number of halogens is 1. The van der Waals surface area contributed by atoms with Gasteiger partial charge in [-0.25, -0.2) is 0 Å². The Hall–Kier alpha value is -0.770. The van der Waals surface area contributed by atoms with Crippen LogP contribution >= 0.6 is 11.6 Å². The SMILES string of the molecule is Cc1cc(Cl)cc(CNCC2(O)CCCC2)c1O. The summed E-state index contributed by atoms with van der Waals surface area (Å²) in [7, 11) is 0. The molecular weight excluding hydrogens is 250 g/mol. The smallest absolute Gasteiger partial charge is 0.123 e. The highest BCUT2D eigenvalue weighted by atomic mass is 35.5. The lowest BCUT2D eigenvalue weighted by Gasteiger charge is -2.22. The lowest BCUT2D eigenvalue weighted by Crippen LogP contribution is -2.37. The van der Waals surface area contributed by atoms with Crippen molar-refractivity contribution in [3.8, 4) is 5.75 Å². The van der Waals surface area contributed by atoms with Gasteiger partial charge in [0.05, 0.1) is 5.60 Å². The van der Waals surface area contributed by atoms with Crippen molar-refractivity contribution in [1.29, 1.82) is 0 Å². The highest BCUT2D eigenvalue weighted by Crippen LogP contribution is 2.29. The van der Waals surface area contributed by atoms with Crippen molar-refractivity contribution in [3.63, 3.8) is 0 Å². The van der Waals surface area contributed by atoms with E-state index < -0.39 is 5.60 Å². The second kappa shape index (κ2) is 5.47. The molecular formula is C14H20ClNO2. The first kappa shape index (κ1) is 13.7. The first-order chi connectivity index (χ1) is 8.50. The monoisotopic (exact) mass is 269 g/mol. The molecule has 1 aromatic rings. The molecule has 1 aliphatic carbocycles. The minimum Gasteiger partial charge on any atom is -0.507 e. The van der Waals surface area contributed by atoms with E-state index in [1.807, 2.05) is 6.92 Å². The van der Waals surface area contributed by atoms with Crippen LogP contribution in [0.25, 0.3) is 0 Å². The van der Waals surface area contributed by atoms with E-state index in [2.05, 4.69) is 5.32 Å². The molecule has 0 radical (unpaired) electrons. The number of rotatable bonds is 4. The van der Waals surface area contributed by atoms with E-state index >= 15 is 0 Å². The molecule has 1 aliphatic rings. The topological polar surface area (TPSA) is 52.5 Å². The second-order valence-corrected chi connectivity index (χ2v) is 5.70. The van der Waals surface area contributed by atoms with Gasteiger partial charge in [0.2, 0.25) is 0 Å². The van der Waals surface area contributed by atoms with E-state index in [-0.39, 0.29) is 5.75 Å². The molecule has 100 valence electrons. The molecule has 2 rings (SSSR count). The minimum absolute atomic E-state index is 0.283. The molecule has 0 heterocycles. The van der Waals surface area contributed by atoms with Crippen molar-refractivity contribution >= 4 is 11.6 Å². The molecule has 0 aliphatic heterocycles. The van der Waals surface area contributed by atoms with Gasteiger partial charge in [0.1, 0.15) is 5.75 Å². The second-order valence-electron chi connectivity index (χ2n) is 5.27. The van der Waals surface area contributed by atoms with Crippen LogP contribution in [0.15, 0.2) is 12.1 Å². The van der Waals surface area contributed by atoms with Gasteiger partial charge in [0.25, 0.3) is 0 Å². The number of hydrogen-bond donors (Lipinski definition) is 3. The first-order valence-corrected chi connectivity index (χ1v) is 6.79. The van der Waals surface area contributed by atoms with E-state index in [1.165, 1.54) is 0 Å². The van der Waals surface area contributed by atoms with Gasteiger partial charge in [0, 0.05) is 23.7 Å². The largest absolute Gasteiger partial charge is 0.507 e. The van der Waals surface area contributed by atoms with Gasteiger partial charge in [0.15, 0.2) is 0 Å². The summed E-state index contributed by atoms with van der Waals surface area (Å²) in [5.74, 6) is 0.283. The fourth-order valence-corrected chi connectivity index (χ4v) is 2.87. The molecule has 0 spiro atoms. The summed E-state index contributed by atoms with van der Waals surface area (Å²) in [5.41, 5.74) is 0.990. The van der Waals surface area contributed by atoms with Crippen molar-refractivity contribution in [2.45, 2.75) is 44.8 Å². The fourth-order valence-electron chi connectivity index (χ4n) is 2.58. The van der Waals surface area contributed by atoms with Crippen LogP contribution in [0, 0.1) is 6.92 Å². The Morgan fingerprint density at radius 3 is 2.67 bits per heavy atom. The average molecular weight is 270 g/mol. The average Bonchev–Trinajstić information content (AvgIpc) is 2.72. The van der Waals surface area contributed by atoms with Crippen molar-refractivity contribution in [2.75, 3.05) is 6.54 Å². The van der Waals surface area contributed by atoms with Crippen LogP contribution in [0.5, 0.6) is 5.75 Å². The Morgan fingerprint density at radius 2 is 2.00 bits per heavy atom. The number of aryl methyl sites for hydroxylation is 1. The standard InChI is InChI=1S/C14H20ClNO2/c1-10-6-12(15)7-11(13(10)17)8-16-9-14(18)4-2-3-5-14/h6-7,16-18H,2-5,8-9H2,1H3. The Labute approximate surface area is 113 Å². The molecule has 0 unspecified atom stereocenters. The quantitative estimate of drug-likeness (QED) is 0.788. The summed E-state index contributed by atoms with van der Waals surface area (Å²) in [6.07, 6.45) is 3.92. The number of phenolic OH excluding ortho intramolecular Hbond substituents is 1. The highest BCUT2D eigenvalue weighted by molar-refractivity contribution is 6.30. The van der Waals surface area contributed by atoms with Crippen molar-refractivity contribution < 1.29 is 10.2 Å². The molecule has 18 heavy (non-hydrogen) atoms.